The molecule has 0 saturated carbocycles. The van der Waals surface area contributed by atoms with Gasteiger partial charge in [-0.1, -0.05) is 48.8 Å². The minimum atomic E-state index is 0.246. The number of halogens is 1. The van der Waals surface area contributed by atoms with Crippen LogP contribution in [0.25, 0.3) is 0 Å². The highest BCUT2D eigenvalue weighted by Gasteiger charge is 2.23. The smallest absolute Gasteiger partial charge is 0.0750 e. The Morgan fingerprint density at radius 3 is 2.32 bits per heavy atom. The van der Waals surface area contributed by atoms with E-state index in [0.717, 1.165) is 23.9 Å². The molecule has 0 aliphatic carbocycles. The lowest BCUT2D eigenvalue weighted by Crippen LogP contribution is -2.45. The van der Waals surface area contributed by atoms with Crippen molar-refractivity contribution in [1.82, 2.24) is 5.32 Å². The summed E-state index contributed by atoms with van der Waals surface area (Å²) in [5.41, 5.74) is 1.35. The van der Waals surface area contributed by atoms with Crippen molar-refractivity contribution in [2.45, 2.75) is 45.8 Å². The van der Waals surface area contributed by atoms with Crippen molar-refractivity contribution in [2.75, 3.05) is 13.7 Å². The average Bonchev–Trinajstić information content (AvgIpc) is 2.38. The Bertz CT molecular complexity index is 350. The normalized spacial score (nSPS) is 14.6. The van der Waals surface area contributed by atoms with E-state index in [-0.39, 0.29) is 6.10 Å². The highest BCUT2D eigenvalue weighted by atomic mass is 79.9. The van der Waals surface area contributed by atoms with Crippen LogP contribution in [0, 0.1) is 5.92 Å². The lowest BCUT2D eigenvalue weighted by Gasteiger charge is -2.30. The topological polar surface area (TPSA) is 21.3 Å². The monoisotopic (exact) mass is 327 g/mol. The third kappa shape index (κ3) is 5.64. The Morgan fingerprint density at radius 2 is 1.84 bits per heavy atom. The highest BCUT2D eigenvalue weighted by molar-refractivity contribution is 9.10. The van der Waals surface area contributed by atoms with Crippen LogP contribution in [0.5, 0.6) is 0 Å². The Morgan fingerprint density at radius 1 is 1.21 bits per heavy atom. The average molecular weight is 328 g/mol. The molecule has 1 aromatic rings. The van der Waals surface area contributed by atoms with Gasteiger partial charge in [0.05, 0.1) is 6.10 Å². The van der Waals surface area contributed by atoms with Crippen LogP contribution in [-0.2, 0) is 11.2 Å². The maximum atomic E-state index is 5.70. The zero-order valence-electron chi connectivity index (χ0n) is 12.4. The van der Waals surface area contributed by atoms with Gasteiger partial charge in [-0.25, -0.2) is 0 Å². The van der Waals surface area contributed by atoms with E-state index in [1.807, 2.05) is 7.11 Å². The lowest BCUT2D eigenvalue weighted by atomic mass is 9.93. The molecule has 0 spiro atoms. The van der Waals surface area contributed by atoms with Gasteiger partial charge in [0.2, 0.25) is 0 Å². The summed E-state index contributed by atoms with van der Waals surface area (Å²) in [6.07, 6.45) is 2.39. The molecule has 0 aliphatic rings. The molecule has 2 unspecified atom stereocenters. The van der Waals surface area contributed by atoms with Gasteiger partial charge >= 0.3 is 0 Å². The fraction of sp³-hybridized carbons (Fsp3) is 0.625. The second-order valence-electron chi connectivity index (χ2n) is 5.34. The maximum Gasteiger partial charge on any atom is 0.0750 e. The largest absolute Gasteiger partial charge is 0.380 e. The Hall–Kier alpha value is -0.380. The number of ether oxygens (including phenoxy) is 1. The molecule has 1 N–H and O–H groups in total. The van der Waals surface area contributed by atoms with E-state index >= 15 is 0 Å². The third-order valence-corrected chi connectivity index (χ3v) is 3.88. The second kappa shape index (κ2) is 8.72. The van der Waals surface area contributed by atoms with Gasteiger partial charge in [0.25, 0.3) is 0 Å². The fourth-order valence-electron chi connectivity index (χ4n) is 2.41. The van der Waals surface area contributed by atoms with Crippen LogP contribution in [0.15, 0.2) is 28.7 Å². The summed E-state index contributed by atoms with van der Waals surface area (Å²) in [5, 5.41) is 3.63. The Kier molecular flexibility index (Phi) is 7.66. The van der Waals surface area contributed by atoms with Gasteiger partial charge in [-0.15, -0.1) is 0 Å². The summed E-state index contributed by atoms with van der Waals surface area (Å²) in [6, 6.07) is 8.92. The molecule has 0 bridgehead atoms. The molecule has 0 heterocycles. The molecule has 2 atom stereocenters. The van der Waals surface area contributed by atoms with Crippen molar-refractivity contribution in [3.63, 3.8) is 0 Å². The van der Waals surface area contributed by atoms with E-state index in [1.54, 1.807) is 0 Å². The highest BCUT2D eigenvalue weighted by Crippen LogP contribution is 2.17. The van der Waals surface area contributed by atoms with Crippen molar-refractivity contribution in [2.24, 2.45) is 5.92 Å². The van der Waals surface area contributed by atoms with Gasteiger partial charge in [-0.3, -0.25) is 0 Å². The molecule has 0 fully saturated rings. The van der Waals surface area contributed by atoms with Crippen LogP contribution in [0.2, 0.25) is 0 Å². The van der Waals surface area contributed by atoms with Gasteiger partial charge in [0.15, 0.2) is 0 Å². The number of methoxy groups -OCH3 is 1. The van der Waals surface area contributed by atoms with Gasteiger partial charge in [-0.2, -0.15) is 0 Å². The second-order valence-corrected chi connectivity index (χ2v) is 6.25. The summed E-state index contributed by atoms with van der Waals surface area (Å²) < 4.78 is 6.82. The first-order chi connectivity index (χ1) is 9.08. The van der Waals surface area contributed by atoms with E-state index in [9.17, 15) is 0 Å². The van der Waals surface area contributed by atoms with Gasteiger partial charge < -0.3 is 10.1 Å². The van der Waals surface area contributed by atoms with Crippen molar-refractivity contribution < 1.29 is 4.74 Å². The summed E-state index contributed by atoms with van der Waals surface area (Å²) in [6.45, 7) is 7.67. The van der Waals surface area contributed by atoms with Crippen LogP contribution in [0.3, 0.4) is 0 Å². The van der Waals surface area contributed by atoms with Crippen molar-refractivity contribution in [3.05, 3.63) is 34.3 Å². The summed E-state index contributed by atoms with van der Waals surface area (Å²) in [7, 11) is 1.81. The Labute approximate surface area is 126 Å². The van der Waals surface area contributed by atoms with Gasteiger partial charge in [0.1, 0.15) is 0 Å². The molecular formula is C16H26BrNO. The quantitative estimate of drug-likeness (QED) is 0.778. The van der Waals surface area contributed by atoms with Crippen molar-refractivity contribution in [3.8, 4) is 0 Å². The number of hydrogen-bond donors (Lipinski definition) is 1. The molecule has 0 aliphatic heterocycles. The van der Waals surface area contributed by atoms with Crippen LogP contribution in [0.1, 0.15) is 32.8 Å². The van der Waals surface area contributed by atoms with Crippen molar-refractivity contribution >= 4 is 15.9 Å². The molecule has 1 rings (SSSR count). The summed E-state index contributed by atoms with van der Waals surface area (Å²) in [5.74, 6) is 0.509. The van der Waals surface area contributed by atoms with E-state index in [1.165, 1.54) is 5.56 Å². The predicted molar refractivity (Wildman–Crippen MR) is 85.6 cm³/mol. The standard InChI is InChI=1S/C16H26BrNO/c1-5-10-18-15(16(19-4)12(2)3)11-13-6-8-14(17)9-7-13/h6-9,12,15-16,18H,5,10-11H2,1-4H3. The van der Waals surface area contributed by atoms with Crippen LogP contribution in [0.4, 0.5) is 0 Å². The molecular weight excluding hydrogens is 302 g/mol. The fourth-order valence-corrected chi connectivity index (χ4v) is 2.67. The lowest BCUT2D eigenvalue weighted by molar-refractivity contribution is 0.0332. The Balaban J connectivity index is 2.75. The number of benzene rings is 1. The molecule has 0 amide bonds. The molecule has 0 radical (unpaired) electrons. The SMILES string of the molecule is CCCNC(Cc1ccc(Br)cc1)C(OC)C(C)C. The summed E-state index contributed by atoms with van der Waals surface area (Å²) >= 11 is 3.48. The van der Waals surface area contributed by atoms with E-state index in [2.05, 4.69) is 66.3 Å². The zero-order chi connectivity index (χ0) is 14.3. The predicted octanol–water partition coefficient (Wildman–Crippen LogP) is 4.03. The van der Waals surface area contributed by atoms with E-state index in [0.29, 0.717) is 12.0 Å². The molecule has 3 heteroatoms. The number of hydrogen-bond acceptors (Lipinski definition) is 2. The first kappa shape index (κ1) is 16.7. The summed E-state index contributed by atoms with van der Waals surface area (Å²) in [4.78, 5) is 0. The van der Waals surface area contributed by atoms with Gasteiger partial charge in [-0.05, 0) is 43.0 Å². The molecule has 0 saturated heterocycles. The molecule has 1 aromatic carbocycles. The number of nitrogens with one attached hydrogen (secondary N) is 1. The maximum absolute atomic E-state index is 5.70. The zero-order valence-corrected chi connectivity index (χ0v) is 14.0. The molecule has 0 aromatic heterocycles. The third-order valence-electron chi connectivity index (χ3n) is 3.35. The van der Waals surface area contributed by atoms with Gasteiger partial charge in [0, 0.05) is 17.6 Å². The van der Waals surface area contributed by atoms with Crippen LogP contribution < -0.4 is 5.32 Å². The van der Waals surface area contributed by atoms with Crippen molar-refractivity contribution in [1.29, 1.82) is 0 Å². The minimum absolute atomic E-state index is 0.246. The van der Waals surface area contributed by atoms with E-state index < -0.39 is 0 Å². The molecule has 19 heavy (non-hydrogen) atoms. The van der Waals surface area contributed by atoms with Crippen LogP contribution >= 0.6 is 15.9 Å². The molecule has 108 valence electrons. The minimum Gasteiger partial charge on any atom is -0.380 e. The van der Waals surface area contributed by atoms with E-state index in [4.69, 9.17) is 4.74 Å². The number of rotatable bonds is 8. The van der Waals surface area contributed by atoms with Crippen LogP contribution in [-0.4, -0.2) is 25.8 Å². The molecule has 2 nitrogen and oxygen atoms in total. The first-order valence-electron chi connectivity index (χ1n) is 7.09. The first-order valence-corrected chi connectivity index (χ1v) is 7.88.